The number of hydrogen-bond acceptors (Lipinski definition) is 3. The van der Waals surface area contributed by atoms with Crippen molar-refractivity contribution in [2.75, 3.05) is 0 Å². The van der Waals surface area contributed by atoms with Crippen LogP contribution in [0.1, 0.15) is 12.6 Å². The quantitative estimate of drug-likeness (QED) is 0.892. The second kappa shape index (κ2) is 6.54. The monoisotopic (exact) mass is 256 g/mol. The average molecular weight is 256 g/mol. The van der Waals surface area contributed by atoms with E-state index in [4.69, 9.17) is 4.74 Å². The van der Waals surface area contributed by atoms with Crippen LogP contribution in [0.4, 0.5) is 0 Å². The minimum atomic E-state index is -0.536. The fourth-order valence-electron chi connectivity index (χ4n) is 1.58. The molecule has 1 N–H and O–H groups in total. The topological polar surface area (TPSA) is 51.2 Å². The molecule has 1 atom stereocenters. The number of pyridine rings is 1. The first-order chi connectivity index (χ1) is 9.25. The Kier molecular flexibility index (Phi) is 4.50. The summed E-state index contributed by atoms with van der Waals surface area (Å²) in [6.07, 6.45) is 1.16. The number of ether oxygens (including phenoxy) is 1. The van der Waals surface area contributed by atoms with Crippen LogP contribution in [0.15, 0.2) is 54.7 Å². The fraction of sp³-hybridized carbons (Fsp3) is 0.200. The molecule has 0 bridgehead atoms. The molecule has 0 aliphatic heterocycles. The molecular weight excluding hydrogens is 240 g/mol. The predicted molar refractivity (Wildman–Crippen MR) is 72.6 cm³/mol. The molecule has 0 saturated heterocycles. The molecule has 0 aliphatic rings. The van der Waals surface area contributed by atoms with Crippen molar-refractivity contribution in [3.8, 4) is 5.75 Å². The molecule has 0 spiro atoms. The minimum Gasteiger partial charge on any atom is -0.481 e. The fourth-order valence-corrected chi connectivity index (χ4v) is 1.58. The molecule has 1 heterocycles. The molecule has 0 aliphatic carbocycles. The lowest BCUT2D eigenvalue weighted by Gasteiger charge is -2.14. The molecule has 98 valence electrons. The van der Waals surface area contributed by atoms with E-state index >= 15 is 0 Å². The number of aromatic nitrogens is 1. The van der Waals surface area contributed by atoms with Gasteiger partial charge >= 0.3 is 0 Å². The van der Waals surface area contributed by atoms with Crippen LogP contribution in [0, 0.1) is 0 Å². The number of carbonyl (C=O) groups is 1. The van der Waals surface area contributed by atoms with Crippen molar-refractivity contribution < 1.29 is 9.53 Å². The van der Waals surface area contributed by atoms with Crippen molar-refractivity contribution in [1.29, 1.82) is 0 Å². The Bertz CT molecular complexity index is 514. The Morgan fingerprint density at radius 2 is 1.95 bits per heavy atom. The molecule has 2 aromatic rings. The van der Waals surface area contributed by atoms with Crippen molar-refractivity contribution in [1.82, 2.24) is 10.3 Å². The summed E-state index contributed by atoms with van der Waals surface area (Å²) in [5, 5.41) is 2.79. The van der Waals surface area contributed by atoms with Gasteiger partial charge in [0.05, 0.1) is 12.2 Å². The van der Waals surface area contributed by atoms with Gasteiger partial charge in [-0.2, -0.15) is 0 Å². The lowest BCUT2D eigenvalue weighted by atomic mass is 10.3. The minimum absolute atomic E-state index is 0.158. The number of benzene rings is 1. The lowest BCUT2D eigenvalue weighted by molar-refractivity contribution is -0.127. The number of para-hydroxylation sites is 1. The Labute approximate surface area is 112 Å². The van der Waals surface area contributed by atoms with Crippen LogP contribution in [0.25, 0.3) is 0 Å². The Morgan fingerprint density at radius 1 is 1.21 bits per heavy atom. The van der Waals surface area contributed by atoms with Gasteiger partial charge in [0.2, 0.25) is 0 Å². The van der Waals surface area contributed by atoms with Gasteiger partial charge in [-0.1, -0.05) is 24.3 Å². The van der Waals surface area contributed by atoms with Crippen molar-refractivity contribution in [2.45, 2.75) is 19.6 Å². The first-order valence-corrected chi connectivity index (χ1v) is 6.15. The van der Waals surface area contributed by atoms with E-state index in [2.05, 4.69) is 10.3 Å². The predicted octanol–water partition coefficient (Wildman–Crippen LogP) is 2.17. The van der Waals surface area contributed by atoms with Crippen molar-refractivity contribution >= 4 is 5.91 Å². The van der Waals surface area contributed by atoms with E-state index in [1.54, 1.807) is 13.1 Å². The second-order valence-corrected chi connectivity index (χ2v) is 4.11. The molecule has 2 rings (SSSR count). The maximum atomic E-state index is 11.9. The normalized spacial score (nSPS) is 11.6. The molecule has 0 fully saturated rings. The highest BCUT2D eigenvalue weighted by atomic mass is 16.5. The summed E-state index contributed by atoms with van der Waals surface area (Å²) in [6, 6.07) is 14.9. The molecule has 0 radical (unpaired) electrons. The first kappa shape index (κ1) is 13.1. The zero-order valence-corrected chi connectivity index (χ0v) is 10.7. The molecule has 4 nitrogen and oxygen atoms in total. The molecule has 0 unspecified atom stereocenters. The van der Waals surface area contributed by atoms with E-state index in [0.717, 1.165) is 5.69 Å². The number of nitrogens with zero attached hydrogens (tertiary/aromatic N) is 1. The Hall–Kier alpha value is -2.36. The van der Waals surface area contributed by atoms with Crippen LogP contribution in [-0.4, -0.2) is 17.0 Å². The van der Waals surface area contributed by atoms with Crippen molar-refractivity contribution in [3.05, 3.63) is 60.4 Å². The van der Waals surface area contributed by atoms with E-state index in [-0.39, 0.29) is 5.91 Å². The smallest absolute Gasteiger partial charge is 0.261 e. The van der Waals surface area contributed by atoms with E-state index in [1.165, 1.54) is 0 Å². The van der Waals surface area contributed by atoms with Crippen LogP contribution in [0.3, 0.4) is 0 Å². The van der Waals surface area contributed by atoms with E-state index < -0.39 is 6.10 Å². The average Bonchev–Trinajstić information content (AvgIpc) is 2.47. The molecule has 19 heavy (non-hydrogen) atoms. The van der Waals surface area contributed by atoms with Gasteiger partial charge in [0.15, 0.2) is 6.10 Å². The Balaban J connectivity index is 1.83. The van der Waals surface area contributed by atoms with E-state index in [0.29, 0.717) is 12.3 Å². The Morgan fingerprint density at radius 3 is 2.63 bits per heavy atom. The van der Waals surface area contributed by atoms with Gasteiger partial charge in [-0.05, 0) is 31.2 Å². The SMILES string of the molecule is C[C@@H](Oc1ccccc1)C(=O)NCc1ccccn1. The van der Waals surface area contributed by atoms with E-state index in [9.17, 15) is 4.79 Å². The molecule has 1 amide bonds. The summed E-state index contributed by atoms with van der Waals surface area (Å²) < 4.78 is 5.53. The third kappa shape index (κ3) is 4.10. The van der Waals surface area contributed by atoms with E-state index in [1.807, 2.05) is 48.5 Å². The van der Waals surface area contributed by atoms with Crippen LogP contribution >= 0.6 is 0 Å². The number of nitrogens with one attached hydrogen (secondary N) is 1. The summed E-state index contributed by atoms with van der Waals surface area (Å²) in [5.74, 6) is 0.525. The third-order valence-electron chi connectivity index (χ3n) is 2.60. The van der Waals surface area contributed by atoms with Crippen LogP contribution in [0.2, 0.25) is 0 Å². The van der Waals surface area contributed by atoms with Gasteiger partial charge in [0, 0.05) is 6.20 Å². The maximum Gasteiger partial charge on any atom is 0.261 e. The molecule has 4 heteroatoms. The third-order valence-corrected chi connectivity index (χ3v) is 2.60. The van der Waals surface area contributed by atoms with Crippen molar-refractivity contribution in [3.63, 3.8) is 0 Å². The maximum absolute atomic E-state index is 11.9. The summed E-state index contributed by atoms with van der Waals surface area (Å²) in [6.45, 7) is 2.13. The number of carbonyl (C=O) groups excluding carboxylic acids is 1. The largest absolute Gasteiger partial charge is 0.481 e. The highest BCUT2D eigenvalue weighted by molar-refractivity contribution is 5.80. The van der Waals surface area contributed by atoms with Crippen LogP contribution < -0.4 is 10.1 Å². The first-order valence-electron chi connectivity index (χ1n) is 6.15. The molecule has 0 saturated carbocycles. The second-order valence-electron chi connectivity index (χ2n) is 4.11. The summed E-state index contributed by atoms with van der Waals surface area (Å²) in [5.41, 5.74) is 0.822. The van der Waals surface area contributed by atoms with Gasteiger partial charge in [-0.25, -0.2) is 0 Å². The zero-order valence-electron chi connectivity index (χ0n) is 10.7. The van der Waals surface area contributed by atoms with Gasteiger partial charge < -0.3 is 10.1 Å². The summed E-state index contributed by atoms with van der Waals surface area (Å²) in [4.78, 5) is 16.0. The van der Waals surface area contributed by atoms with Crippen LogP contribution in [0.5, 0.6) is 5.75 Å². The zero-order chi connectivity index (χ0) is 13.5. The highest BCUT2D eigenvalue weighted by Crippen LogP contribution is 2.10. The standard InChI is InChI=1S/C15H16N2O2/c1-12(19-14-8-3-2-4-9-14)15(18)17-11-13-7-5-6-10-16-13/h2-10,12H,11H2,1H3,(H,17,18)/t12-/m1/s1. The van der Waals surface area contributed by atoms with Gasteiger partial charge in [0.25, 0.3) is 5.91 Å². The van der Waals surface area contributed by atoms with Gasteiger partial charge in [0.1, 0.15) is 5.75 Å². The van der Waals surface area contributed by atoms with Gasteiger partial charge in [-0.15, -0.1) is 0 Å². The molecule has 1 aromatic heterocycles. The van der Waals surface area contributed by atoms with Crippen LogP contribution in [-0.2, 0) is 11.3 Å². The summed E-state index contributed by atoms with van der Waals surface area (Å²) >= 11 is 0. The highest BCUT2D eigenvalue weighted by Gasteiger charge is 2.13. The lowest BCUT2D eigenvalue weighted by Crippen LogP contribution is -2.36. The number of rotatable bonds is 5. The number of hydrogen-bond donors (Lipinski definition) is 1. The molecular formula is C15H16N2O2. The van der Waals surface area contributed by atoms with Gasteiger partial charge in [-0.3, -0.25) is 9.78 Å². The number of amides is 1. The molecule has 1 aromatic carbocycles. The summed E-state index contributed by atoms with van der Waals surface area (Å²) in [7, 11) is 0. The van der Waals surface area contributed by atoms with Crippen molar-refractivity contribution in [2.24, 2.45) is 0 Å².